The first-order valence-electron chi connectivity index (χ1n) is 7.77. The number of anilines is 1. The zero-order valence-corrected chi connectivity index (χ0v) is 15.0. The van der Waals surface area contributed by atoms with Crippen LogP contribution in [0.1, 0.15) is 32.8 Å². The molecule has 3 N–H and O–H groups in total. The van der Waals surface area contributed by atoms with Crippen LogP contribution in [0.2, 0.25) is 0 Å². The van der Waals surface area contributed by atoms with Gasteiger partial charge in [0.15, 0.2) is 0 Å². The molecule has 1 aromatic carbocycles. The van der Waals surface area contributed by atoms with E-state index in [0.29, 0.717) is 5.69 Å². The van der Waals surface area contributed by atoms with E-state index < -0.39 is 0 Å². The third-order valence-corrected chi connectivity index (χ3v) is 4.73. The highest BCUT2D eigenvalue weighted by molar-refractivity contribution is 5.95. The highest BCUT2D eigenvalue weighted by Gasteiger charge is 2.36. The van der Waals surface area contributed by atoms with Gasteiger partial charge in [-0.15, -0.1) is 12.4 Å². The zero-order valence-electron chi connectivity index (χ0n) is 14.2. The van der Waals surface area contributed by atoms with Gasteiger partial charge >= 0.3 is 0 Å². The molecule has 0 saturated carbocycles. The van der Waals surface area contributed by atoms with Crippen molar-refractivity contribution in [2.24, 2.45) is 11.1 Å². The minimum atomic E-state index is -0.348. The Kier molecular flexibility index (Phi) is 6.57. The quantitative estimate of drug-likeness (QED) is 0.887. The second kappa shape index (κ2) is 7.60. The molecule has 2 atom stereocenters. The number of hydrogen-bond acceptors (Lipinski definition) is 3. The predicted octanol–water partition coefficient (Wildman–Crippen LogP) is 2.94. The van der Waals surface area contributed by atoms with Gasteiger partial charge in [-0.1, -0.05) is 19.9 Å². The number of piperidine rings is 1. The summed E-state index contributed by atoms with van der Waals surface area (Å²) in [5.74, 6) is -0.460. The highest BCUT2D eigenvalue weighted by Crippen LogP contribution is 2.29. The van der Waals surface area contributed by atoms with Crippen molar-refractivity contribution < 1.29 is 9.18 Å². The van der Waals surface area contributed by atoms with E-state index in [4.69, 9.17) is 5.73 Å². The summed E-state index contributed by atoms with van der Waals surface area (Å²) in [6.45, 7) is 9.59. The molecule has 2 rings (SSSR count). The smallest absolute Gasteiger partial charge is 0.241 e. The summed E-state index contributed by atoms with van der Waals surface area (Å²) in [5.41, 5.74) is 7.51. The molecule has 130 valence electrons. The molecule has 1 aliphatic heterocycles. The Morgan fingerprint density at radius 1 is 1.48 bits per heavy atom. The van der Waals surface area contributed by atoms with Crippen molar-refractivity contribution in [3.8, 4) is 0 Å². The minimum Gasteiger partial charge on any atom is -0.327 e. The SMILES string of the molecule is Cc1ccc(F)cc1NC(=O)C(C)N1CCC(N)C(C)(C)C1.Cl. The average molecular weight is 344 g/mol. The van der Waals surface area contributed by atoms with Crippen molar-refractivity contribution in [2.45, 2.75) is 46.2 Å². The average Bonchev–Trinajstić information content (AvgIpc) is 2.45. The van der Waals surface area contributed by atoms with Gasteiger partial charge in [-0.25, -0.2) is 4.39 Å². The number of amides is 1. The monoisotopic (exact) mass is 343 g/mol. The molecule has 0 spiro atoms. The number of halogens is 2. The van der Waals surface area contributed by atoms with Crippen LogP contribution in [0.5, 0.6) is 0 Å². The number of carbonyl (C=O) groups excluding carboxylic acids is 1. The lowest BCUT2D eigenvalue weighted by atomic mass is 9.79. The normalized spacial score (nSPS) is 22.1. The number of nitrogens with zero attached hydrogens (tertiary/aromatic N) is 1. The van der Waals surface area contributed by atoms with Crippen molar-refractivity contribution >= 4 is 24.0 Å². The summed E-state index contributed by atoms with van der Waals surface area (Å²) in [6, 6.07) is 4.30. The molecule has 1 amide bonds. The van der Waals surface area contributed by atoms with Crippen LogP contribution < -0.4 is 11.1 Å². The lowest BCUT2D eigenvalue weighted by molar-refractivity contribution is -0.122. The summed E-state index contributed by atoms with van der Waals surface area (Å²) in [6.07, 6.45) is 0.879. The first-order valence-corrected chi connectivity index (χ1v) is 7.77. The van der Waals surface area contributed by atoms with Gasteiger partial charge in [0, 0.05) is 24.8 Å². The molecule has 6 heteroatoms. The first kappa shape index (κ1) is 19.9. The molecule has 4 nitrogen and oxygen atoms in total. The molecule has 1 heterocycles. The Balaban J connectivity index is 0.00000264. The molecule has 1 aliphatic rings. The lowest BCUT2D eigenvalue weighted by Gasteiger charge is -2.44. The van der Waals surface area contributed by atoms with E-state index in [9.17, 15) is 9.18 Å². The van der Waals surface area contributed by atoms with Crippen LogP contribution >= 0.6 is 12.4 Å². The zero-order chi connectivity index (χ0) is 16.5. The van der Waals surface area contributed by atoms with E-state index in [1.165, 1.54) is 12.1 Å². The number of carbonyl (C=O) groups is 1. The third kappa shape index (κ3) is 4.66. The molecule has 1 saturated heterocycles. The summed E-state index contributed by atoms with van der Waals surface area (Å²) < 4.78 is 13.3. The van der Waals surface area contributed by atoms with E-state index in [-0.39, 0.29) is 41.6 Å². The molecule has 0 bridgehead atoms. The van der Waals surface area contributed by atoms with Crippen LogP contribution in [0, 0.1) is 18.2 Å². The van der Waals surface area contributed by atoms with Crippen LogP contribution in [0.4, 0.5) is 10.1 Å². The molecule has 23 heavy (non-hydrogen) atoms. The van der Waals surface area contributed by atoms with Crippen LogP contribution in [-0.2, 0) is 4.79 Å². The highest BCUT2D eigenvalue weighted by atomic mass is 35.5. The molecule has 1 fully saturated rings. The van der Waals surface area contributed by atoms with Crippen molar-refractivity contribution in [1.29, 1.82) is 0 Å². The summed E-state index contributed by atoms with van der Waals surface area (Å²) in [5, 5.41) is 2.83. The van der Waals surface area contributed by atoms with Gasteiger partial charge in [0.2, 0.25) is 5.91 Å². The number of hydrogen-bond donors (Lipinski definition) is 2. The Morgan fingerprint density at radius 3 is 2.74 bits per heavy atom. The summed E-state index contributed by atoms with van der Waals surface area (Å²) in [4.78, 5) is 14.6. The van der Waals surface area contributed by atoms with Crippen molar-refractivity contribution in [3.63, 3.8) is 0 Å². The van der Waals surface area contributed by atoms with Crippen LogP contribution in [0.3, 0.4) is 0 Å². The van der Waals surface area contributed by atoms with E-state index in [1.807, 2.05) is 13.8 Å². The van der Waals surface area contributed by atoms with E-state index in [1.54, 1.807) is 6.07 Å². The fourth-order valence-electron chi connectivity index (χ4n) is 2.88. The summed E-state index contributed by atoms with van der Waals surface area (Å²) >= 11 is 0. The third-order valence-electron chi connectivity index (χ3n) is 4.73. The molecule has 0 aromatic heterocycles. The van der Waals surface area contributed by atoms with Gasteiger partial charge in [0.25, 0.3) is 0 Å². The van der Waals surface area contributed by atoms with Crippen molar-refractivity contribution in [1.82, 2.24) is 4.90 Å². The van der Waals surface area contributed by atoms with Crippen LogP contribution in [0.25, 0.3) is 0 Å². The van der Waals surface area contributed by atoms with Gasteiger partial charge in [0.05, 0.1) is 6.04 Å². The number of likely N-dealkylation sites (tertiary alicyclic amines) is 1. The van der Waals surface area contributed by atoms with Gasteiger partial charge < -0.3 is 11.1 Å². The number of rotatable bonds is 3. The van der Waals surface area contributed by atoms with Gasteiger partial charge in [-0.05, 0) is 43.4 Å². The summed E-state index contributed by atoms with van der Waals surface area (Å²) in [7, 11) is 0. The fourth-order valence-corrected chi connectivity index (χ4v) is 2.88. The van der Waals surface area contributed by atoms with Gasteiger partial charge in [0.1, 0.15) is 5.82 Å². The van der Waals surface area contributed by atoms with Crippen LogP contribution in [-0.4, -0.2) is 36.0 Å². The van der Waals surface area contributed by atoms with E-state index in [0.717, 1.165) is 25.1 Å². The lowest BCUT2D eigenvalue weighted by Crippen LogP contribution is -2.56. The molecule has 2 unspecified atom stereocenters. The fraction of sp³-hybridized carbons (Fsp3) is 0.588. The maximum absolute atomic E-state index is 13.3. The maximum atomic E-state index is 13.3. The topological polar surface area (TPSA) is 58.4 Å². The van der Waals surface area contributed by atoms with E-state index in [2.05, 4.69) is 24.1 Å². The predicted molar refractivity (Wildman–Crippen MR) is 94.4 cm³/mol. The molecule has 0 radical (unpaired) electrons. The molecule has 1 aromatic rings. The Labute approximate surface area is 144 Å². The van der Waals surface area contributed by atoms with Crippen LogP contribution in [0.15, 0.2) is 18.2 Å². The Bertz CT molecular complexity index is 565. The second-order valence-electron chi connectivity index (χ2n) is 6.98. The number of nitrogens with one attached hydrogen (secondary N) is 1. The van der Waals surface area contributed by atoms with E-state index >= 15 is 0 Å². The largest absolute Gasteiger partial charge is 0.327 e. The molecular weight excluding hydrogens is 317 g/mol. The standard InChI is InChI=1S/C17H26FN3O.ClH/c1-11-5-6-13(18)9-14(11)20-16(22)12(2)21-8-7-15(19)17(3,4)10-21;/h5-6,9,12,15H,7-8,10,19H2,1-4H3,(H,20,22);1H. The van der Waals surface area contributed by atoms with Crippen molar-refractivity contribution in [2.75, 3.05) is 18.4 Å². The number of nitrogens with two attached hydrogens (primary N) is 1. The van der Waals surface area contributed by atoms with Gasteiger partial charge in [-0.2, -0.15) is 0 Å². The number of benzene rings is 1. The minimum absolute atomic E-state index is 0. The Hall–Kier alpha value is -1.17. The van der Waals surface area contributed by atoms with Gasteiger partial charge in [-0.3, -0.25) is 9.69 Å². The molecular formula is C17H27ClFN3O. The first-order chi connectivity index (χ1) is 10.2. The Morgan fingerprint density at radius 2 is 2.13 bits per heavy atom. The second-order valence-corrected chi connectivity index (χ2v) is 6.98. The number of aryl methyl sites for hydroxylation is 1. The maximum Gasteiger partial charge on any atom is 0.241 e. The van der Waals surface area contributed by atoms with Crippen molar-refractivity contribution in [3.05, 3.63) is 29.6 Å². The molecule has 0 aliphatic carbocycles.